The van der Waals surface area contributed by atoms with Gasteiger partial charge in [-0.25, -0.2) is 0 Å². The largest absolute Gasteiger partial charge is 1.00 e. The molecule has 0 unspecified atom stereocenters. The molecule has 0 atom stereocenters. The Morgan fingerprint density at radius 3 is 2.30 bits per heavy atom. The molecular weight excluding hydrogens is 172 g/mol. The van der Waals surface area contributed by atoms with Crippen molar-refractivity contribution in [3.8, 4) is 0 Å². The summed E-state index contributed by atoms with van der Waals surface area (Å²) >= 11 is 0. The first-order chi connectivity index (χ1) is 4.43. The van der Waals surface area contributed by atoms with Gasteiger partial charge >= 0.3 is 17.1 Å². The van der Waals surface area contributed by atoms with E-state index in [4.69, 9.17) is 0 Å². The quantitative estimate of drug-likeness (QED) is 0.460. The summed E-state index contributed by atoms with van der Waals surface area (Å²) in [5.41, 5.74) is 0. The Labute approximate surface area is 74.6 Å². The van der Waals surface area contributed by atoms with E-state index in [1.807, 2.05) is 0 Å². The van der Waals surface area contributed by atoms with Crippen LogP contribution in [-0.2, 0) is 17.1 Å². The van der Waals surface area contributed by atoms with E-state index in [0.717, 1.165) is 12.3 Å². The van der Waals surface area contributed by atoms with Gasteiger partial charge in [-0.05, 0) is 0 Å². The molecule has 0 amide bonds. The minimum atomic E-state index is 0. The average Bonchev–Trinajstić information content (AvgIpc) is 1.91. The van der Waals surface area contributed by atoms with Gasteiger partial charge in [0, 0.05) is 0 Å². The molecule has 0 N–H and O–H groups in total. The molecule has 0 aromatic heterocycles. The van der Waals surface area contributed by atoms with Crippen LogP contribution < -0.4 is 0 Å². The molecule has 0 heterocycles. The van der Waals surface area contributed by atoms with E-state index < -0.39 is 0 Å². The minimum Gasteiger partial charge on any atom is -0.504 e. The van der Waals surface area contributed by atoms with Gasteiger partial charge in [-0.3, -0.25) is 6.58 Å². The summed E-state index contributed by atoms with van der Waals surface area (Å²) in [6, 6.07) is 0. The van der Waals surface area contributed by atoms with Crippen molar-refractivity contribution >= 4 is 0 Å². The molecule has 0 aromatic rings. The normalized spacial score (nSPS) is 19.6. The van der Waals surface area contributed by atoms with Gasteiger partial charge in [-0.1, -0.05) is 38.0 Å². The van der Waals surface area contributed by atoms with Crippen molar-refractivity contribution in [2.24, 2.45) is 5.92 Å². The van der Waals surface area contributed by atoms with E-state index in [0.29, 0.717) is 0 Å². The van der Waals surface area contributed by atoms with Crippen LogP contribution in [0.25, 0.3) is 0 Å². The van der Waals surface area contributed by atoms with Crippen LogP contribution in [0.5, 0.6) is 0 Å². The van der Waals surface area contributed by atoms with Crippen LogP contribution in [0.2, 0.25) is 0 Å². The van der Waals surface area contributed by atoms with Crippen molar-refractivity contribution in [1.82, 2.24) is 0 Å². The minimum absolute atomic E-state index is 0. The third-order valence-corrected chi connectivity index (χ3v) is 2.16. The van der Waals surface area contributed by atoms with E-state index in [9.17, 15) is 0 Å². The SMILES string of the molecule is C=[C-]CC1CCCCC1.[Cu+]. The van der Waals surface area contributed by atoms with Crippen molar-refractivity contribution in [1.29, 1.82) is 0 Å². The molecule has 1 saturated carbocycles. The van der Waals surface area contributed by atoms with Gasteiger partial charge in [-0.2, -0.15) is 6.42 Å². The molecular formula is C9H15Cu. The first kappa shape index (κ1) is 10.3. The van der Waals surface area contributed by atoms with Crippen molar-refractivity contribution in [2.75, 3.05) is 0 Å². The monoisotopic (exact) mass is 186 g/mol. The number of hydrogen-bond donors (Lipinski definition) is 0. The predicted octanol–water partition coefficient (Wildman–Crippen LogP) is 2.94. The van der Waals surface area contributed by atoms with E-state index in [2.05, 4.69) is 12.7 Å². The van der Waals surface area contributed by atoms with E-state index in [1.165, 1.54) is 32.1 Å². The van der Waals surface area contributed by atoms with Gasteiger partial charge in [-0.15, -0.1) is 0 Å². The Hall–Kier alpha value is 0.259. The molecule has 0 spiro atoms. The molecule has 62 valence electrons. The van der Waals surface area contributed by atoms with E-state index >= 15 is 0 Å². The van der Waals surface area contributed by atoms with Crippen LogP contribution in [-0.4, -0.2) is 0 Å². The molecule has 0 saturated heterocycles. The summed E-state index contributed by atoms with van der Waals surface area (Å²) in [7, 11) is 0. The smallest absolute Gasteiger partial charge is 0.504 e. The zero-order valence-electron chi connectivity index (χ0n) is 6.33. The summed E-state index contributed by atoms with van der Waals surface area (Å²) in [4.78, 5) is 0. The van der Waals surface area contributed by atoms with E-state index in [-0.39, 0.29) is 17.1 Å². The van der Waals surface area contributed by atoms with Gasteiger partial charge in [0.1, 0.15) is 0 Å². The molecule has 0 aliphatic heterocycles. The zero-order chi connectivity index (χ0) is 6.53. The Morgan fingerprint density at radius 2 is 1.80 bits per heavy atom. The standard InChI is InChI=1S/C9H15.Cu/c1-2-6-9-7-4-3-5-8-9;/h9H,1,3-8H2;/q-1;+1. The van der Waals surface area contributed by atoms with Crippen LogP contribution in [0, 0.1) is 12.0 Å². The third-order valence-electron chi connectivity index (χ3n) is 2.16. The Morgan fingerprint density at radius 1 is 1.20 bits per heavy atom. The second-order valence-corrected chi connectivity index (χ2v) is 2.96. The summed E-state index contributed by atoms with van der Waals surface area (Å²) in [6.07, 6.45) is 11.3. The fraction of sp³-hybridized carbons (Fsp3) is 0.778. The maximum absolute atomic E-state index is 3.63. The Bertz CT molecular complexity index is 82.7. The summed E-state index contributed by atoms with van der Waals surface area (Å²) in [6.45, 7) is 3.63. The third kappa shape index (κ3) is 3.43. The van der Waals surface area contributed by atoms with Crippen LogP contribution in [0.3, 0.4) is 0 Å². The topological polar surface area (TPSA) is 0 Å². The Kier molecular flexibility index (Phi) is 6.16. The summed E-state index contributed by atoms with van der Waals surface area (Å²) < 4.78 is 0. The van der Waals surface area contributed by atoms with Gasteiger partial charge < -0.3 is 6.08 Å². The van der Waals surface area contributed by atoms with Crippen LogP contribution in [0.15, 0.2) is 6.58 Å². The molecule has 0 radical (unpaired) electrons. The zero-order valence-corrected chi connectivity index (χ0v) is 7.27. The van der Waals surface area contributed by atoms with Crippen molar-refractivity contribution in [3.05, 3.63) is 12.7 Å². The summed E-state index contributed by atoms with van der Waals surface area (Å²) in [5.74, 6) is 0.927. The summed E-state index contributed by atoms with van der Waals surface area (Å²) in [5, 5.41) is 0. The maximum atomic E-state index is 3.63. The molecule has 1 aliphatic rings. The van der Waals surface area contributed by atoms with E-state index in [1.54, 1.807) is 0 Å². The molecule has 1 rings (SSSR count). The average molecular weight is 187 g/mol. The second-order valence-electron chi connectivity index (χ2n) is 2.96. The van der Waals surface area contributed by atoms with Crippen LogP contribution >= 0.6 is 0 Å². The first-order valence-corrected chi connectivity index (χ1v) is 3.93. The molecule has 1 heteroatoms. The van der Waals surface area contributed by atoms with Crippen molar-refractivity contribution < 1.29 is 17.1 Å². The molecule has 0 bridgehead atoms. The first-order valence-electron chi connectivity index (χ1n) is 3.93. The maximum Gasteiger partial charge on any atom is 1.00 e. The fourth-order valence-electron chi connectivity index (χ4n) is 1.60. The molecule has 10 heavy (non-hydrogen) atoms. The van der Waals surface area contributed by atoms with Gasteiger partial charge in [0.05, 0.1) is 0 Å². The Balaban J connectivity index is 0.000000810. The molecule has 0 aromatic carbocycles. The van der Waals surface area contributed by atoms with Crippen molar-refractivity contribution in [3.63, 3.8) is 0 Å². The molecule has 1 fully saturated rings. The van der Waals surface area contributed by atoms with Gasteiger partial charge in [0.25, 0.3) is 0 Å². The number of hydrogen-bond acceptors (Lipinski definition) is 0. The molecule has 0 nitrogen and oxygen atoms in total. The fourth-order valence-corrected chi connectivity index (χ4v) is 1.60. The number of allylic oxidation sites excluding steroid dienone is 1. The van der Waals surface area contributed by atoms with Crippen LogP contribution in [0.4, 0.5) is 0 Å². The molecule has 1 aliphatic carbocycles. The van der Waals surface area contributed by atoms with Crippen LogP contribution in [0.1, 0.15) is 38.5 Å². The second kappa shape index (κ2) is 6.00. The predicted molar refractivity (Wildman–Crippen MR) is 40.1 cm³/mol. The van der Waals surface area contributed by atoms with Gasteiger partial charge in [0.15, 0.2) is 0 Å². The number of rotatable bonds is 2. The van der Waals surface area contributed by atoms with Gasteiger partial charge in [0.2, 0.25) is 0 Å². The van der Waals surface area contributed by atoms with Crippen molar-refractivity contribution in [2.45, 2.75) is 38.5 Å².